The Hall–Kier alpha value is -4.46. The van der Waals surface area contributed by atoms with Crippen LogP contribution in [0.15, 0.2) is 83.7 Å². The fraction of sp³-hybridized carbons (Fsp3) is 0.214. The molecule has 0 amide bonds. The number of rotatable bonds is 6. The Morgan fingerprint density at radius 1 is 1.06 bits per heavy atom. The Labute approximate surface area is 208 Å². The summed E-state index contributed by atoms with van der Waals surface area (Å²) in [7, 11) is 1.64. The van der Waals surface area contributed by atoms with Gasteiger partial charge in [0, 0.05) is 28.2 Å². The van der Waals surface area contributed by atoms with Crippen molar-refractivity contribution >= 4 is 16.6 Å². The summed E-state index contributed by atoms with van der Waals surface area (Å²) in [6.07, 6.45) is 0.881. The minimum atomic E-state index is -0.485. The molecule has 0 bridgehead atoms. The van der Waals surface area contributed by atoms with E-state index in [1.54, 1.807) is 11.8 Å². The summed E-state index contributed by atoms with van der Waals surface area (Å²) < 4.78 is 7.23. The molecule has 8 nitrogen and oxygen atoms in total. The molecule has 2 unspecified atom stereocenters. The number of para-hydroxylation sites is 1. The maximum atomic E-state index is 13.6. The molecule has 1 aliphatic rings. The molecule has 8 heteroatoms. The molecule has 1 aliphatic heterocycles. The number of fused-ring (bicyclic) bond motifs is 2. The van der Waals surface area contributed by atoms with E-state index in [9.17, 15) is 4.79 Å². The van der Waals surface area contributed by atoms with Gasteiger partial charge in [-0.05, 0) is 65.2 Å². The van der Waals surface area contributed by atoms with Crippen LogP contribution in [0.25, 0.3) is 10.9 Å². The van der Waals surface area contributed by atoms with Crippen molar-refractivity contribution in [3.63, 3.8) is 0 Å². The number of nitrogens with one attached hydrogen (secondary N) is 1. The van der Waals surface area contributed by atoms with E-state index in [1.165, 1.54) is 5.56 Å². The molecule has 1 N–H and O–H groups in total. The van der Waals surface area contributed by atoms with E-state index in [-0.39, 0.29) is 11.6 Å². The van der Waals surface area contributed by atoms with Crippen LogP contribution in [0.5, 0.6) is 5.75 Å². The lowest BCUT2D eigenvalue weighted by atomic mass is 10.0. The monoisotopic (exact) mass is 478 g/mol. The van der Waals surface area contributed by atoms with Gasteiger partial charge in [-0.1, -0.05) is 48.5 Å². The maximum absolute atomic E-state index is 13.6. The normalized spacial score (nSPS) is 15.7. The summed E-state index contributed by atoms with van der Waals surface area (Å²) in [4.78, 5) is 18.9. The second-order valence-electron chi connectivity index (χ2n) is 9.18. The molecule has 5 aromatic rings. The number of tetrazole rings is 1. The summed E-state index contributed by atoms with van der Waals surface area (Å²) in [6, 6.07) is 25.6. The number of H-pyrrole nitrogens is 1. The SMILES string of the molecule is COc1ccc2[nH]c(=O)c(C(c3nnnn3Cc3ccccc3)N3c4ccccc4CC3C)cc2c1. The minimum Gasteiger partial charge on any atom is -0.497 e. The first-order valence-electron chi connectivity index (χ1n) is 12.0. The lowest BCUT2D eigenvalue weighted by Gasteiger charge is -2.33. The number of hydrogen-bond acceptors (Lipinski definition) is 6. The highest BCUT2D eigenvalue weighted by Crippen LogP contribution is 2.40. The number of aromatic amines is 1. The quantitative estimate of drug-likeness (QED) is 0.395. The van der Waals surface area contributed by atoms with Gasteiger partial charge in [0.05, 0.1) is 13.7 Å². The molecule has 36 heavy (non-hydrogen) atoms. The number of pyridine rings is 1. The van der Waals surface area contributed by atoms with Crippen LogP contribution < -0.4 is 15.2 Å². The van der Waals surface area contributed by atoms with Crippen molar-refractivity contribution in [3.05, 3.63) is 112 Å². The Balaban J connectivity index is 1.55. The molecule has 3 aromatic carbocycles. The van der Waals surface area contributed by atoms with Crippen molar-refractivity contribution in [2.24, 2.45) is 0 Å². The molecule has 0 saturated heterocycles. The highest BCUT2D eigenvalue weighted by Gasteiger charge is 2.37. The fourth-order valence-corrected chi connectivity index (χ4v) is 5.20. The highest BCUT2D eigenvalue weighted by atomic mass is 16.5. The number of anilines is 1. The highest BCUT2D eigenvalue weighted by molar-refractivity contribution is 5.81. The summed E-state index contributed by atoms with van der Waals surface area (Å²) in [5.41, 5.74) is 4.59. The topological polar surface area (TPSA) is 88.9 Å². The first-order valence-corrected chi connectivity index (χ1v) is 12.0. The number of hydrogen-bond donors (Lipinski definition) is 1. The van der Waals surface area contributed by atoms with E-state index in [1.807, 2.05) is 60.7 Å². The molecule has 2 aromatic heterocycles. The molecule has 2 atom stereocenters. The zero-order valence-electron chi connectivity index (χ0n) is 20.1. The van der Waals surface area contributed by atoms with Gasteiger partial charge < -0.3 is 14.6 Å². The molecular formula is C28H26N6O2. The lowest BCUT2D eigenvalue weighted by molar-refractivity contribution is 0.415. The van der Waals surface area contributed by atoms with Gasteiger partial charge in [-0.3, -0.25) is 4.79 Å². The summed E-state index contributed by atoms with van der Waals surface area (Å²) >= 11 is 0. The predicted octanol–water partition coefficient (Wildman–Crippen LogP) is 4.11. The molecule has 6 rings (SSSR count). The molecule has 180 valence electrons. The smallest absolute Gasteiger partial charge is 0.254 e. The average molecular weight is 479 g/mol. The molecule has 3 heterocycles. The Bertz CT molecular complexity index is 1590. The van der Waals surface area contributed by atoms with Gasteiger partial charge in [0.1, 0.15) is 11.8 Å². The van der Waals surface area contributed by atoms with Gasteiger partial charge in [0.15, 0.2) is 5.82 Å². The Morgan fingerprint density at radius 3 is 2.69 bits per heavy atom. The number of aromatic nitrogens is 5. The third kappa shape index (κ3) is 3.80. The number of methoxy groups -OCH3 is 1. The number of nitrogens with zero attached hydrogens (tertiary/aromatic N) is 5. The fourth-order valence-electron chi connectivity index (χ4n) is 5.20. The molecule has 0 fully saturated rings. The van der Waals surface area contributed by atoms with Crippen molar-refractivity contribution < 1.29 is 4.74 Å². The predicted molar refractivity (Wildman–Crippen MR) is 138 cm³/mol. The van der Waals surface area contributed by atoms with E-state index in [0.717, 1.165) is 34.3 Å². The second-order valence-corrected chi connectivity index (χ2v) is 9.18. The average Bonchev–Trinajstić information content (AvgIpc) is 3.49. The van der Waals surface area contributed by atoms with Crippen molar-refractivity contribution in [1.82, 2.24) is 25.2 Å². The van der Waals surface area contributed by atoms with Crippen molar-refractivity contribution in [3.8, 4) is 5.75 Å². The van der Waals surface area contributed by atoms with Crippen molar-refractivity contribution in [2.75, 3.05) is 12.0 Å². The summed E-state index contributed by atoms with van der Waals surface area (Å²) in [5, 5.41) is 13.7. The largest absolute Gasteiger partial charge is 0.497 e. The van der Waals surface area contributed by atoms with Crippen LogP contribution in [0.4, 0.5) is 5.69 Å². The summed E-state index contributed by atoms with van der Waals surface area (Å²) in [5.74, 6) is 1.35. The maximum Gasteiger partial charge on any atom is 0.254 e. The Kier molecular flexibility index (Phi) is 5.48. The van der Waals surface area contributed by atoms with Gasteiger partial charge >= 0.3 is 0 Å². The molecule has 0 aliphatic carbocycles. The number of ether oxygens (including phenoxy) is 1. The van der Waals surface area contributed by atoms with E-state index >= 15 is 0 Å². The van der Waals surface area contributed by atoms with Gasteiger partial charge in [-0.25, -0.2) is 4.68 Å². The van der Waals surface area contributed by atoms with Crippen LogP contribution in [-0.2, 0) is 13.0 Å². The van der Waals surface area contributed by atoms with Gasteiger partial charge in [-0.2, -0.15) is 0 Å². The molecular weight excluding hydrogens is 452 g/mol. The van der Waals surface area contributed by atoms with E-state index < -0.39 is 6.04 Å². The van der Waals surface area contributed by atoms with E-state index in [2.05, 4.69) is 50.5 Å². The molecule has 0 saturated carbocycles. The zero-order chi connectivity index (χ0) is 24.6. The third-order valence-corrected chi connectivity index (χ3v) is 6.89. The van der Waals surface area contributed by atoms with Crippen LogP contribution in [-0.4, -0.2) is 38.3 Å². The molecule has 0 radical (unpaired) electrons. The lowest BCUT2D eigenvalue weighted by Crippen LogP contribution is -2.38. The van der Waals surface area contributed by atoms with Crippen LogP contribution >= 0.6 is 0 Å². The zero-order valence-corrected chi connectivity index (χ0v) is 20.1. The summed E-state index contributed by atoms with van der Waals surface area (Å²) in [6.45, 7) is 2.68. The number of benzene rings is 3. The third-order valence-electron chi connectivity index (χ3n) is 6.89. The van der Waals surface area contributed by atoms with Crippen LogP contribution in [0.1, 0.15) is 35.5 Å². The van der Waals surface area contributed by atoms with E-state index in [4.69, 9.17) is 4.74 Å². The van der Waals surface area contributed by atoms with Crippen molar-refractivity contribution in [2.45, 2.75) is 32.0 Å². The second kappa shape index (κ2) is 8.96. The van der Waals surface area contributed by atoms with Gasteiger partial charge in [0.25, 0.3) is 5.56 Å². The van der Waals surface area contributed by atoms with Crippen LogP contribution in [0.2, 0.25) is 0 Å². The standard InChI is InChI=1S/C28H26N6O2/c1-18-14-20-10-6-7-11-25(20)34(18)26(27-30-31-32-33(27)17-19-8-4-3-5-9-19)23-16-21-15-22(36-2)12-13-24(21)29-28(23)35/h3-13,15-16,18,26H,14,17H2,1-2H3,(H,29,35). The first-order chi connectivity index (χ1) is 17.6. The minimum absolute atomic E-state index is 0.148. The van der Waals surface area contributed by atoms with Crippen LogP contribution in [0.3, 0.4) is 0 Å². The van der Waals surface area contributed by atoms with Gasteiger partial charge in [-0.15, -0.1) is 5.10 Å². The Morgan fingerprint density at radius 2 is 1.86 bits per heavy atom. The van der Waals surface area contributed by atoms with Crippen LogP contribution in [0, 0.1) is 0 Å². The molecule has 0 spiro atoms. The van der Waals surface area contributed by atoms with E-state index in [0.29, 0.717) is 17.9 Å². The van der Waals surface area contributed by atoms with Crippen molar-refractivity contribution in [1.29, 1.82) is 0 Å². The first kappa shape index (κ1) is 22.0. The van der Waals surface area contributed by atoms with Gasteiger partial charge in [0.2, 0.25) is 0 Å².